The van der Waals surface area contributed by atoms with Gasteiger partial charge in [-0.1, -0.05) is 146 Å². The Morgan fingerprint density at radius 2 is 0.826 bits per heavy atom. The van der Waals surface area contributed by atoms with Crippen LogP contribution < -0.4 is 0 Å². The Kier molecular flexibility index (Phi) is 8.90. The third kappa shape index (κ3) is 6.51. The summed E-state index contributed by atoms with van der Waals surface area (Å²) in [6.07, 6.45) is 0. The quantitative estimate of drug-likeness (QED) is 0.157. The standard InChI is InChI=1S/C60H35N7OS/c1-4-16-36(17-5-1)55-62-58(64-59(63-55)40-29-32-50-44(34-40)41-22-11-14-26-49(41)68-50)39-28-30-47(45(35-39)60-65-56(37-18-6-2-7-19-37)61-57(66-60)38-20-8-3-9-21-38)67-46-25-13-10-23-42(46)53-48(67)31-33-52-54(53)43-24-12-15-27-51(43)69-52/h1-35H. The number of rotatable bonds is 7. The monoisotopic (exact) mass is 901 g/mol. The van der Waals surface area contributed by atoms with Gasteiger partial charge in [-0.2, -0.15) is 0 Å². The number of hydrogen-bond acceptors (Lipinski definition) is 8. The first-order valence-corrected chi connectivity index (χ1v) is 23.6. The fourth-order valence-electron chi connectivity index (χ4n) is 9.73. The first kappa shape index (κ1) is 39.0. The zero-order valence-electron chi connectivity index (χ0n) is 36.7. The predicted octanol–water partition coefficient (Wildman–Crippen LogP) is 15.4. The van der Waals surface area contributed by atoms with Gasteiger partial charge in [-0.25, -0.2) is 29.9 Å². The van der Waals surface area contributed by atoms with Gasteiger partial charge in [0.2, 0.25) is 0 Å². The van der Waals surface area contributed by atoms with Crippen LogP contribution in [0.4, 0.5) is 0 Å². The van der Waals surface area contributed by atoms with Crippen molar-refractivity contribution in [2.45, 2.75) is 0 Å². The number of fused-ring (bicyclic) bond motifs is 10. The lowest BCUT2D eigenvalue weighted by Gasteiger charge is -2.16. The van der Waals surface area contributed by atoms with Crippen LogP contribution in [0.3, 0.4) is 0 Å². The van der Waals surface area contributed by atoms with Gasteiger partial charge in [-0.3, -0.25) is 0 Å². The smallest absolute Gasteiger partial charge is 0.166 e. The number of benzene rings is 9. The highest BCUT2D eigenvalue weighted by molar-refractivity contribution is 7.26. The van der Waals surface area contributed by atoms with Gasteiger partial charge in [0.1, 0.15) is 11.2 Å². The summed E-state index contributed by atoms with van der Waals surface area (Å²) in [6, 6.07) is 72.8. The maximum atomic E-state index is 6.22. The van der Waals surface area contributed by atoms with E-state index in [0.29, 0.717) is 34.9 Å². The minimum absolute atomic E-state index is 0.512. The lowest BCUT2D eigenvalue weighted by molar-refractivity contribution is 0.669. The van der Waals surface area contributed by atoms with E-state index in [4.69, 9.17) is 34.3 Å². The molecule has 0 unspecified atom stereocenters. The van der Waals surface area contributed by atoms with Crippen LogP contribution in [0, 0.1) is 0 Å². The molecule has 0 bridgehead atoms. The van der Waals surface area contributed by atoms with Crippen molar-refractivity contribution in [2.75, 3.05) is 0 Å². The van der Waals surface area contributed by atoms with Crippen molar-refractivity contribution >= 4 is 75.3 Å². The normalized spacial score (nSPS) is 11.8. The van der Waals surface area contributed by atoms with Gasteiger partial charge in [0, 0.05) is 75.1 Å². The first-order valence-electron chi connectivity index (χ1n) is 22.8. The van der Waals surface area contributed by atoms with Gasteiger partial charge in [0.25, 0.3) is 0 Å². The van der Waals surface area contributed by atoms with E-state index in [1.165, 1.54) is 30.9 Å². The number of thiophene rings is 1. The summed E-state index contributed by atoms with van der Waals surface area (Å²) in [5.74, 6) is 3.27. The van der Waals surface area contributed by atoms with Crippen molar-refractivity contribution < 1.29 is 4.42 Å². The van der Waals surface area contributed by atoms with Crippen LogP contribution in [0.15, 0.2) is 217 Å². The molecule has 0 fully saturated rings. The average Bonchev–Trinajstić information content (AvgIpc) is 4.10. The molecule has 0 atom stereocenters. The maximum absolute atomic E-state index is 6.22. The molecule has 0 aliphatic carbocycles. The second kappa shape index (κ2) is 15.7. The van der Waals surface area contributed by atoms with E-state index >= 15 is 0 Å². The predicted molar refractivity (Wildman–Crippen MR) is 280 cm³/mol. The Bertz CT molecular complexity index is 4260. The summed E-state index contributed by atoms with van der Waals surface area (Å²) in [6.45, 7) is 0. The Morgan fingerprint density at radius 1 is 0.319 bits per heavy atom. The van der Waals surface area contributed by atoms with Gasteiger partial charge < -0.3 is 8.98 Å². The highest BCUT2D eigenvalue weighted by atomic mass is 32.1. The molecular weight excluding hydrogens is 867 g/mol. The summed E-state index contributed by atoms with van der Waals surface area (Å²) in [5, 5.41) is 6.91. The summed E-state index contributed by atoms with van der Waals surface area (Å²) in [4.78, 5) is 31.4. The van der Waals surface area contributed by atoms with Gasteiger partial charge in [0.15, 0.2) is 34.9 Å². The maximum Gasteiger partial charge on any atom is 0.166 e. The third-order valence-corrected chi connectivity index (χ3v) is 14.1. The lowest BCUT2D eigenvalue weighted by Crippen LogP contribution is -2.05. The molecule has 14 rings (SSSR count). The SMILES string of the molecule is c1ccc(-c2nc(-c3ccc(-n4c5ccccc5c5c6c(ccc54)sc4ccccc46)c(-c4nc(-c5ccccc5)nc(-c5ccccc5)n4)c3)nc(-c3ccc4oc5ccccc5c4c3)n2)cc1. The number of furan rings is 1. The number of nitrogens with zero attached hydrogens (tertiary/aromatic N) is 7. The van der Waals surface area contributed by atoms with Crippen molar-refractivity contribution in [3.63, 3.8) is 0 Å². The molecule has 9 aromatic carbocycles. The van der Waals surface area contributed by atoms with Crippen molar-refractivity contribution in [1.29, 1.82) is 0 Å². The van der Waals surface area contributed by atoms with E-state index in [1.54, 1.807) is 0 Å². The molecule has 8 nitrogen and oxygen atoms in total. The molecule has 0 amide bonds. The van der Waals surface area contributed by atoms with Crippen molar-refractivity contribution in [3.8, 4) is 74.0 Å². The molecule has 0 radical (unpaired) electrons. The molecule has 0 spiro atoms. The summed E-state index contributed by atoms with van der Waals surface area (Å²) < 4.78 is 11.1. The fourth-order valence-corrected chi connectivity index (χ4v) is 10.8. The lowest BCUT2D eigenvalue weighted by atomic mass is 10.0. The highest BCUT2D eigenvalue weighted by Crippen LogP contribution is 2.45. The Balaban J connectivity index is 1.05. The number of para-hydroxylation sites is 2. The van der Waals surface area contributed by atoms with Gasteiger partial charge in [0.05, 0.1) is 16.7 Å². The van der Waals surface area contributed by atoms with Gasteiger partial charge in [-0.05, 0) is 66.7 Å². The summed E-state index contributed by atoms with van der Waals surface area (Å²) in [5.41, 5.74) is 9.76. The van der Waals surface area contributed by atoms with Crippen molar-refractivity contribution in [3.05, 3.63) is 212 Å². The molecule has 0 aliphatic rings. The van der Waals surface area contributed by atoms with Crippen molar-refractivity contribution in [2.24, 2.45) is 0 Å². The second-order valence-corrected chi connectivity index (χ2v) is 18.1. The van der Waals surface area contributed by atoms with Crippen LogP contribution in [0.1, 0.15) is 0 Å². The van der Waals surface area contributed by atoms with E-state index in [0.717, 1.165) is 72.0 Å². The fraction of sp³-hybridized carbons (Fsp3) is 0. The number of hydrogen-bond donors (Lipinski definition) is 0. The second-order valence-electron chi connectivity index (χ2n) is 17.0. The molecule has 69 heavy (non-hydrogen) atoms. The average molecular weight is 902 g/mol. The molecule has 0 saturated heterocycles. The Morgan fingerprint density at radius 3 is 1.49 bits per heavy atom. The van der Waals surface area contributed by atoms with Crippen LogP contribution >= 0.6 is 11.3 Å². The molecule has 0 N–H and O–H groups in total. The molecule has 0 aliphatic heterocycles. The third-order valence-electron chi connectivity index (χ3n) is 12.9. The van der Waals surface area contributed by atoms with E-state index < -0.39 is 0 Å². The topological polar surface area (TPSA) is 95.4 Å². The zero-order chi connectivity index (χ0) is 45.4. The first-order chi connectivity index (χ1) is 34.2. The van der Waals surface area contributed by atoms with Crippen LogP contribution in [0.2, 0.25) is 0 Å². The molecule has 5 aromatic heterocycles. The van der Waals surface area contributed by atoms with E-state index in [1.807, 2.05) is 133 Å². The minimum atomic E-state index is 0.512. The zero-order valence-corrected chi connectivity index (χ0v) is 37.5. The molecular formula is C60H35N7OS. The van der Waals surface area contributed by atoms with E-state index in [-0.39, 0.29) is 0 Å². The van der Waals surface area contributed by atoms with Crippen LogP contribution in [0.5, 0.6) is 0 Å². The van der Waals surface area contributed by atoms with Crippen LogP contribution in [0.25, 0.3) is 138 Å². The summed E-state index contributed by atoms with van der Waals surface area (Å²) in [7, 11) is 0. The molecule has 322 valence electrons. The molecule has 0 saturated carbocycles. The van der Waals surface area contributed by atoms with Gasteiger partial charge in [-0.15, -0.1) is 11.3 Å². The van der Waals surface area contributed by atoms with E-state index in [9.17, 15) is 0 Å². The molecule has 9 heteroatoms. The Labute approximate surface area is 398 Å². The highest BCUT2D eigenvalue weighted by Gasteiger charge is 2.24. The largest absolute Gasteiger partial charge is 0.456 e. The van der Waals surface area contributed by atoms with Crippen molar-refractivity contribution in [1.82, 2.24) is 34.5 Å². The number of aromatic nitrogens is 7. The van der Waals surface area contributed by atoms with Crippen LogP contribution in [-0.2, 0) is 0 Å². The minimum Gasteiger partial charge on any atom is -0.456 e. The van der Waals surface area contributed by atoms with Crippen LogP contribution in [-0.4, -0.2) is 34.5 Å². The van der Waals surface area contributed by atoms with Gasteiger partial charge >= 0.3 is 0 Å². The molecule has 5 heterocycles. The van der Waals surface area contributed by atoms with E-state index in [2.05, 4.69) is 95.6 Å². The molecule has 14 aromatic rings. The Hall–Kier alpha value is -9.18. The summed E-state index contributed by atoms with van der Waals surface area (Å²) >= 11 is 1.83.